The molecule has 0 spiro atoms. The number of ether oxygens (including phenoxy) is 1. The average molecular weight is 249 g/mol. The Balaban J connectivity index is 2.47. The first-order valence-corrected chi connectivity index (χ1v) is 5.13. The largest absolute Gasteiger partial charge is 0.495 e. The van der Waals surface area contributed by atoms with Crippen molar-refractivity contribution < 1.29 is 4.74 Å². The van der Waals surface area contributed by atoms with Crippen LogP contribution < -0.4 is 10.5 Å². The predicted molar refractivity (Wildman–Crippen MR) is 64.7 cm³/mol. The molecule has 2 rings (SSSR count). The van der Waals surface area contributed by atoms with Gasteiger partial charge in [0.1, 0.15) is 17.6 Å². The van der Waals surface area contributed by atoms with E-state index in [0.29, 0.717) is 16.6 Å². The van der Waals surface area contributed by atoms with E-state index in [1.54, 1.807) is 25.3 Å². The molecule has 17 heavy (non-hydrogen) atoms. The number of rotatable bonds is 2. The molecule has 0 saturated carbocycles. The SMILES string of the molecule is COc1ccc(-c2nc(N)c(C#N)[nH]2)cc1Cl. The molecule has 0 amide bonds. The van der Waals surface area contributed by atoms with Gasteiger partial charge in [-0.3, -0.25) is 0 Å². The fourth-order valence-corrected chi connectivity index (χ4v) is 1.68. The molecule has 0 bridgehead atoms. The summed E-state index contributed by atoms with van der Waals surface area (Å²) in [6, 6.07) is 7.12. The number of aromatic nitrogens is 2. The van der Waals surface area contributed by atoms with Gasteiger partial charge in [0, 0.05) is 5.56 Å². The first-order chi connectivity index (χ1) is 8.15. The standard InChI is InChI=1S/C11H9ClN4O/c1-17-9-3-2-6(4-7(9)12)11-15-8(5-13)10(14)16-11/h2-4H,14H2,1H3,(H,15,16). The molecule has 5 nitrogen and oxygen atoms in total. The number of imidazole rings is 1. The number of nitrogens with zero attached hydrogens (tertiary/aromatic N) is 2. The Hall–Kier alpha value is -2.19. The zero-order chi connectivity index (χ0) is 12.4. The van der Waals surface area contributed by atoms with Crippen LogP contribution in [0.15, 0.2) is 18.2 Å². The number of hydrogen-bond donors (Lipinski definition) is 2. The van der Waals surface area contributed by atoms with Gasteiger partial charge in [-0.15, -0.1) is 0 Å². The molecule has 0 fully saturated rings. The van der Waals surface area contributed by atoms with E-state index in [9.17, 15) is 0 Å². The molecule has 86 valence electrons. The molecule has 2 aromatic rings. The number of nitrogens with one attached hydrogen (secondary N) is 1. The summed E-state index contributed by atoms with van der Waals surface area (Å²) in [6.07, 6.45) is 0. The van der Waals surface area contributed by atoms with Crippen LogP contribution in [0.25, 0.3) is 11.4 Å². The van der Waals surface area contributed by atoms with E-state index in [2.05, 4.69) is 9.97 Å². The second-order valence-corrected chi connectivity index (χ2v) is 3.71. The summed E-state index contributed by atoms with van der Waals surface area (Å²) in [7, 11) is 1.54. The smallest absolute Gasteiger partial charge is 0.161 e. The van der Waals surface area contributed by atoms with Gasteiger partial charge in [0.25, 0.3) is 0 Å². The second kappa shape index (κ2) is 4.36. The van der Waals surface area contributed by atoms with Gasteiger partial charge < -0.3 is 15.5 Å². The van der Waals surface area contributed by atoms with Crippen molar-refractivity contribution in [3.8, 4) is 23.2 Å². The maximum Gasteiger partial charge on any atom is 0.161 e. The third-order valence-electron chi connectivity index (χ3n) is 2.27. The van der Waals surface area contributed by atoms with Crippen LogP contribution in [0.4, 0.5) is 5.82 Å². The number of hydrogen-bond acceptors (Lipinski definition) is 4. The number of nitriles is 1. The molecule has 6 heteroatoms. The van der Waals surface area contributed by atoms with Crippen molar-refractivity contribution >= 4 is 17.4 Å². The number of benzene rings is 1. The topological polar surface area (TPSA) is 87.7 Å². The van der Waals surface area contributed by atoms with Gasteiger partial charge in [0.2, 0.25) is 0 Å². The summed E-state index contributed by atoms with van der Waals surface area (Å²) in [5.41, 5.74) is 6.54. The molecule has 3 N–H and O–H groups in total. The van der Waals surface area contributed by atoms with Gasteiger partial charge in [-0.05, 0) is 18.2 Å². The van der Waals surface area contributed by atoms with Gasteiger partial charge >= 0.3 is 0 Å². The van der Waals surface area contributed by atoms with Gasteiger partial charge in [-0.1, -0.05) is 11.6 Å². The minimum Gasteiger partial charge on any atom is -0.495 e. The van der Waals surface area contributed by atoms with Crippen molar-refractivity contribution in [3.05, 3.63) is 28.9 Å². The lowest BCUT2D eigenvalue weighted by Gasteiger charge is -2.03. The van der Waals surface area contributed by atoms with Crippen LogP contribution in [0, 0.1) is 11.3 Å². The van der Waals surface area contributed by atoms with Crippen LogP contribution in [0.1, 0.15) is 5.69 Å². The van der Waals surface area contributed by atoms with Crippen LogP contribution in [0.3, 0.4) is 0 Å². The van der Waals surface area contributed by atoms with Crippen LogP contribution in [-0.2, 0) is 0 Å². The fraction of sp³-hybridized carbons (Fsp3) is 0.0909. The number of halogens is 1. The van der Waals surface area contributed by atoms with Gasteiger partial charge in [-0.25, -0.2) is 4.98 Å². The summed E-state index contributed by atoms with van der Waals surface area (Å²) in [6.45, 7) is 0. The van der Waals surface area contributed by atoms with E-state index < -0.39 is 0 Å². The van der Waals surface area contributed by atoms with Crippen molar-refractivity contribution in [3.63, 3.8) is 0 Å². The number of anilines is 1. The Morgan fingerprint density at radius 2 is 2.29 bits per heavy atom. The number of methoxy groups -OCH3 is 1. The Morgan fingerprint density at radius 3 is 2.82 bits per heavy atom. The monoisotopic (exact) mass is 248 g/mol. The molecule has 0 unspecified atom stereocenters. The van der Waals surface area contributed by atoms with Crippen LogP contribution in [-0.4, -0.2) is 17.1 Å². The van der Waals surface area contributed by atoms with E-state index in [0.717, 1.165) is 5.56 Å². The lowest BCUT2D eigenvalue weighted by Crippen LogP contribution is -1.87. The van der Waals surface area contributed by atoms with Gasteiger partial charge in [-0.2, -0.15) is 5.26 Å². The Kier molecular flexibility index (Phi) is 2.90. The van der Waals surface area contributed by atoms with Gasteiger partial charge in [0.15, 0.2) is 11.5 Å². The van der Waals surface area contributed by atoms with E-state index in [4.69, 9.17) is 27.3 Å². The maximum atomic E-state index is 8.77. The van der Waals surface area contributed by atoms with E-state index in [-0.39, 0.29) is 11.5 Å². The predicted octanol–water partition coefficient (Wildman–Crippen LogP) is 2.19. The number of H-pyrrole nitrogens is 1. The quantitative estimate of drug-likeness (QED) is 0.853. The summed E-state index contributed by atoms with van der Waals surface area (Å²) in [5, 5.41) is 9.24. The van der Waals surface area contributed by atoms with Crippen LogP contribution in [0.2, 0.25) is 5.02 Å². The van der Waals surface area contributed by atoms with Crippen molar-refractivity contribution in [1.29, 1.82) is 5.26 Å². The normalized spacial score (nSPS) is 9.94. The highest BCUT2D eigenvalue weighted by Gasteiger charge is 2.10. The number of nitrogens with two attached hydrogens (primary N) is 1. The molecular formula is C11H9ClN4O. The lowest BCUT2D eigenvalue weighted by atomic mass is 10.2. The van der Waals surface area contributed by atoms with Crippen molar-refractivity contribution in [1.82, 2.24) is 9.97 Å². The molecule has 1 aromatic carbocycles. The highest BCUT2D eigenvalue weighted by molar-refractivity contribution is 6.32. The Bertz CT molecular complexity index is 600. The lowest BCUT2D eigenvalue weighted by molar-refractivity contribution is 0.415. The highest BCUT2D eigenvalue weighted by atomic mass is 35.5. The minimum atomic E-state index is 0.175. The number of nitrogen functional groups attached to an aromatic ring is 1. The fourth-order valence-electron chi connectivity index (χ4n) is 1.42. The first-order valence-electron chi connectivity index (χ1n) is 4.75. The number of aromatic amines is 1. The highest BCUT2D eigenvalue weighted by Crippen LogP contribution is 2.29. The van der Waals surface area contributed by atoms with Crippen LogP contribution in [0.5, 0.6) is 5.75 Å². The second-order valence-electron chi connectivity index (χ2n) is 3.31. The first kappa shape index (κ1) is 11.3. The third kappa shape index (κ3) is 2.03. The maximum absolute atomic E-state index is 8.77. The van der Waals surface area contributed by atoms with Gasteiger partial charge in [0.05, 0.1) is 12.1 Å². The molecule has 0 atom stereocenters. The average Bonchev–Trinajstić information content (AvgIpc) is 2.70. The third-order valence-corrected chi connectivity index (χ3v) is 2.56. The zero-order valence-electron chi connectivity index (χ0n) is 8.99. The van der Waals surface area contributed by atoms with Crippen molar-refractivity contribution in [2.24, 2.45) is 0 Å². The summed E-state index contributed by atoms with van der Waals surface area (Å²) in [4.78, 5) is 6.86. The van der Waals surface area contributed by atoms with E-state index in [1.165, 1.54) is 0 Å². The molecule has 0 saturated heterocycles. The molecule has 0 radical (unpaired) electrons. The summed E-state index contributed by atoms with van der Waals surface area (Å²) in [5.74, 6) is 1.26. The minimum absolute atomic E-state index is 0.175. The van der Waals surface area contributed by atoms with Crippen molar-refractivity contribution in [2.75, 3.05) is 12.8 Å². The molecule has 0 aliphatic heterocycles. The van der Waals surface area contributed by atoms with Crippen molar-refractivity contribution in [2.45, 2.75) is 0 Å². The van der Waals surface area contributed by atoms with E-state index >= 15 is 0 Å². The summed E-state index contributed by atoms with van der Waals surface area (Å²) >= 11 is 6.00. The molecule has 0 aliphatic rings. The molecule has 1 heterocycles. The van der Waals surface area contributed by atoms with E-state index in [1.807, 2.05) is 6.07 Å². The zero-order valence-corrected chi connectivity index (χ0v) is 9.75. The Labute approximate surface area is 103 Å². The molecule has 0 aliphatic carbocycles. The Morgan fingerprint density at radius 1 is 1.53 bits per heavy atom. The summed E-state index contributed by atoms with van der Waals surface area (Å²) < 4.78 is 5.05. The molecular weight excluding hydrogens is 240 g/mol. The molecule has 1 aromatic heterocycles. The van der Waals surface area contributed by atoms with Crippen LogP contribution >= 0.6 is 11.6 Å².